The van der Waals surface area contributed by atoms with E-state index < -0.39 is 0 Å². The van der Waals surface area contributed by atoms with E-state index in [9.17, 15) is 0 Å². The third-order valence-electron chi connectivity index (χ3n) is 8.78. The molecule has 0 N–H and O–H groups in total. The zero-order chi connectivity index (χ0) is 25.1. The van der Waals surface area contributed by atoms with E-state index in [4.69, 9.17) is 4.98 Å². The van der Waals surface area contributed by atoms with Crippen molar-refractivity contribution in [1.82, 2.24) is 9.55 Å². The second-order valence-electron chi connectivity index (χ2n) is 10.8. The Hall–Kier alpha value is -4.43. The summed E-state index contributed by atoms with van der Waals surface area (Å²) in [7, 11) is 0. The van der Waals surface area contributed by atoms with Gasteiger partial charge in [-0.25, -0.2) is 4.98 Å². The maximum atomic E-state index is 5.00. The van der Waals surface area contributed by atoms with Crippen LogP contribution in [-0.2, 0) is 5.41 Å². The summed E-state index contributed by atoms with van der Waals surface area (Å²) < 4.78 is 2.28. The van der Waals surface area contributed by atoms with E-state index in [2.05, 4.69) is 126 Å². The first kappa shape index (κ1) is 21.6. The third-order valence-corrected chi connectivity index (χ3v) is 8.78. The molecule has 0 radical (unpaired) electrons. The number of nitrogens with zero attached hydrogens (tertiary/aromatic N) is 2. The van der Waals surface area contributed by atoms with Crippen LogP contribution in [0.1, 0.15) is 36.8 Å². The Kier molecular flexibility index (Phi) is 4.72. The van der Waals surface area contributed by atoms with Crippen LogP contribution in [0.15, 0.2) is 121 Å². The molecule has 6 aromatic rings. The van der Waals surface area contributed by atoms with Crippen LogP contribution in [0.4, 0.5) is 0 Å². The predicted molar refractivity (Wildman–Crippen MR) is 157 cm³/mol. The van der Waals surface area contributed by atoms with Gasteiger partial charge in [0.2, 0.25) is 0 Å². The van der Waals surface area contributed by atoms with Crippen molar-refractivity contribution in [3.05, 3.63) is 132 Å². The maximum Gasteiger partial charge on any atom is 0.145 e. The molecule has 0 saturated heterocycles. The predicted octanol–water partition coefficient (Wildman–Crippen LogP) is 9.20. The molecule has 8 rings (SSSR count). The normalized spacial score (nSPS) is 15.2. The van der Waals surface area contributed by atoms with Gasteiger partial charge in [0, 0.05) is 16.7 Å². The molecule has 182 valence electrons. The number of rotatable bonds is 3. The number of hydrogen-bond acceptors (Lipinski definition) is 1. The Balaban J connectivity index is 1.23. The maximum absolute atomic E-state index is 5.00. The van der Waals surface area contributed by atoms with Gasteiger partial charge in [0.05, 0.1) is 11.0 Å². The van der Waals surface area contributed by atoms with Crippen molar-refractivity contribution >= 4 is 11.0 Å². The highest BCUT2D eigenvalue weighted by molar-refractivity contribution is 5.85. The third kappa shape index (κ3) is 3.10. The van der Waals surface area contributed by atoms with Gasteiger partial charge in [-0.2, -0.15) is 0 Å². The van der Waals surface area contributed by atoms with E-state index in [1.54, 1.807) is 5.56 Å². The lowest BCUT2D eigenvalue weighted by atomic mass is 9.76. The Morgan fingerprint density at radius 3 is 2.08 bits per heavy atom. The van der Waals surface area contributed by atoms with Gasteiger partial charge in [-0.15, -0.1) is 0 Å². The van der Waals surface area contributed by atoms with E-state index in [1.165, 1.54) is 53.5 Å². The summed E-state index contributed by atoms with van der Waals surface area (Å²) in [5, 5.41) is 0. The highest BCUT2D eigenvalue weighted by Crippen LogP contribution is 2.57. The summed E-state index contributed by atoms with van der Waals surface area (Å²) >= 11 is 0. The molecular formula is C36H28N2. The fourth-order valence-corrected chi connectivity index (χ4v) is 7.02. The number of aromatic nitrogens is 2. The lowest BCUT2D eigenvalue weighted by Gasteiger charge is -2.27. The van der Waals surface area contributed by atoms with Crippen LogP contribution in [-0.4, -0.2) is 9.55 Å². The molecule has 0 aliphatic heterocycles. The van der Waals surface area contributed by atoms with Crippen molar-refractivity contribution < 1.29 is 0 Å². The monoisotopic (exact) mass is 488 g/mol. The van der Waals surface area contributed by atoms with E-state index in [0.717, 1.165) is 28.1 Å². The molecule has 1 heterocycles. The lowest BCUT2D eigenvalue weighted by Crippen LogP contribution is -2.20. The first-order valence-corrected chi connectivity index (χ1v) is 13.7. The molecule has 0 atom stereocenters. The molecule has 1 saturated carbocycles. The van der Waals surface area contributed by atoms with Crippen LogP contribution in [0.2, 0.25) is 0 Å². The number of benzene rings is 5. The molecule has 38 heavy (non-hydrogen) atoms. The van der Waals surface area contributed by atoms with Gasteiger partial charge < -0.3 is 0 Å². The van der Waals surface area contributed by atoms with Gasteiger partial charge in [-0.1, -0.05) is 104 Å². The molecule has 0 amide bonds. The molecule has 0 bridgehead atoms. The standard InChI is InChI=1S/C36H28N2/c1-2-10-26(11-3-1)35-37-33-14-6-7-15-34(33)38(35)28-19-16-25(17-20-28)27-18-21-30-29-12-4-5-13-31(29)36(32(30)24-27)22-8-9-23-36/h1-7,10-21,24H,8-9,22-23H2. The quantitative estimate of drug-likeness (QED) is 0.243. The van der Waals surface area contributed by atoms with Crippen LogP contribution in [0.3, 0.4) is 0 Å². The minimum atomic E-state index is 0.197. The molecule has 2 nitrogen and oxygen atoms in total. The van der Waals surface area contributed by atoms with E-state index >= 15 is 0 Å². The van der Waals surface area contributed by atoms with Crippen molar-refractivity contribution in [3.63, 3.8) is 0 Å². The summed E-state index contributed by atoms with van der Waals surface area (Å²) in [5.74, 6) is 0.970. The number of para-hydroxylation sites is 2. The highest BCUT2D eigenvalue weighted by Gasteiger charge is 2.44. The molecule has 1 aromatic heterocycles. The molecule has 2 aliphatic carbocycles. The van der Waals surface area contributed by atoms with Crippen LogP contribution in [0.5, 0.6) is 0 Å². The molecular weight excluding hydrogens is 460 g/mol. The second-order valence-corrected chi connectivity index (χ2v) is 10.8. The van der Waals surface area contributed by atoms with Crippen LogP contribution >= 0.6 is 0 Å². The highest BCUT2D eigenvalue weighted by atomic mass is 15.1. The summed E-state index contributed by atoms with van der Waals surface area (Å²) in [6, 6.07) is 44.1. The van der Waals surface area contributed by atoms with Crippen molar-refractivity contribution in [2.75, 3.05) is 0 Å². The van der Waals surface area contributed by atoms with Gasteiger partial charge in [-0.3, -0.25) is 4.57 Å². The SMILES string of the molecule is c1ccc(-c2nc3ccccc3n2-c2ccc(-c3ccc4c(c3)C3(CCCC3)c3ccccc3-4)cc2)cc1. The zero-order valence-electron chi connectivity index (χ0n) is 21.3. The fraction of sp³-hybridized carbons (Fsp3) is 0.139. The van der Waals surface area contributed by atoms with Crippen molar-refractivity contribution in [1.29, 1.82) is 0 Å². The Morgan fingerprint density at radius 2 is 1.24 bits per heavy atom. The fourth-order valence-electron chi connectivity index (χ4n) is 7.02. The molecule has 2 heteroatoms. The van der Waals surface area contributed by atoms with Crippen LogP contribution in [0, 0.1) is 0 Å². The molecule has 1 fully saturated rings. The van der Waals surface area contributed by atoms with Crippen molar-refractivity contribution in [2.45, 2.75) is 31.1 Å². The van der Waals surface area contributed by atoms with Gasteiger partial charge in [0.25, 0.3) is 0 Å². The first-order valence-electron chi connectivity index (χ1n) is 13.7. The van der Waals surface area contributed by atoms with Gasteiger partial charge in [0.15, 0.2) is 0 Å². The van der Waals surface area contributed by atoms with Crippen LogP contribution < -0.4 is 0 Å². The van der Waals surface area contributed by atoms with Crippen molar-refractivity contribution in [3.8, 4) is 39.3 Å². The van der Waals surface area contributed by atoms with E-state index in [-0.39, 0.29) is 5.41 Å². The molecule has 1 spiro atoms. The summed E-state index contributed by atoms with van der Waals surface area (Å²) in [5.41, 5.74) is 13.1. The average Bonchev–Trinajstić information content (AvgIpc) is 3.70. The Morgan fingerprint density at radius 1 is 0.553 bits per heavy atom. The molecule has 5 aromatic carbocycles. The summed E-state index contributed by atoms with van der Waals surface area (Å²) in [6.45, 7) is 0. The average molecular weight is 489 g/mol. The second kappa shape index (κ2) is 8.29. The topological polar surface area (TPSA) is 17.8 Å². The lowest BCUT2D eigenvalue weighted by molar-refractivity contribution is 0.550. The number of fused-ring (bicyclic) bond motifs is 6. The number of imidazole rings is 1. The van der Waals surface area contributed by atoms with E-state index in [1.807, 2.05) is 0 Å². The largest absolute Gasteiger partial charge is 0.292 e. The minimum absolute atomic E-state index is 0.197. The first-order chi connectivity index (χ1) is 18.8. The van der Waals surface area contributed by atoms with Crippen molar-refractivity contribution in [2.24, 2.45) is 0 Å². The van der Waals surface area contributed by atoms with E-state index in [0.29, 0.717) is 0 Å². The minimum Gasteiger partial charge on any atom is -0.292 e. The summed E-state index contributed by atoms with van der Waals surface area (Å²) in [4.78, 5) is 5.00. The summed E-state index contributed by atoms with van der Waals surface area (Å²) in [6.07, 6.45) is 5.15. The van der Waals surface area contributed by atoms with Gasteiger partial charge in [-0.05, 0) is 76.6 Å². The number of hydrogen-bond donors (Lipinski definition) is 0. The Bertz CT molecular complexity index is 1800. The van der Waals surface area contributed by atoms with Gasteiger partial charge in [0.1, 0.15) is 5.82 Å². The Labute approximate surface area is 223 Å². The zero-order valence-corrected chi connectivity index (χ0v) is 21.3. The molecule has 0 unspecified atom stereocenters. The van der Waals surface area contributed by atoms with Gasteiger partial charge >= 0.3 is 0 Å². The smallest absolute Gasteiger partial charge is 0.145 e. The van der Waals surface area contributed by atoms with Crippen LogP contribution in [0.25, 0.3) is 50.4 Å². The molecule has 2 aliphatic rings.